The molecule has 0 aromatic heterocycles. The molecule has 0 radical (unpaired) electrons. The molecule has 0 bridgehead atoms. The molecule has 0 fully saturated rings. The third-order valence-corrected chi connectivity index (χ3v) is 2.75. The van der Waals surface area contributed by atoms with Crippen molar-refractivity contribution >= 4 is 23.0 Å². The van der Waals surface area contributed by atoms with Crippen LogP contribution < -0.4 is 4.90 Å². The van der Waals surface area contributed by atoms with Crippen LogP contribution in [0.25, 0.3) is 0 Å². The quantitative estimate of drug-likeness (QED) is 0.857. The number of hydrogen-bond acceptors (Lipinski definition) is 4. The van der Waals surface area contributed by atoms with Crippen molar-refractivity contribution in [2.24, 2.45) is 10.2 Å². The van der Waals surface area contributed by atoms with Crippen LogP contribution in [-0.2, 0) is 0 Å². The van der Waals surface area contributed by atoms with E-state index >= 15 is 0 Å². The molecule has 0 aliphatic carbocycles. The van der Waals surface area contributed by atoms with Gasteiger partial charge in [-0.2, -0.15) is 5.11 Å². The molecule has 2 rings (SSSR count). The van der Waals surface area contributed by atoms with E-state index in [2.05, 4.69) is 10.2 Å². The monoisotopic (exact) mass is 269 g/mol. The van der Waals surface area contributed by atoms with Crippen LogP contribution in [0.1, 0.15) is 10.4 Å². The zero-order chi connectivity index (χ0) is 14.5. The molecule has 2 aromatic carbocycles. The van der Waals surface area contributed by atoms with Crippen LogP contribution in [0.4, 0.5) is 17.1 Å². The van der Waals surface area contributed by atoms with Gasteiger partial charge in [0, 0.05) is 14.1 Å². The lowest BCUT2D eigenvalue weighted by atomic mass is 10.1. The number of aromatic carboxylic acids is 1. The van der Waals surface area contributed by atoms with Gasteiger partial charge in [-0.1, -0.05) is 24.3 Å². The second-order valence-corrected chi connectivity index (χ2v) is 4.41. The van der Waals surface area contributed by atoms with E-state index in [1.807, 2.05) is 55.4 Å². The predicted molar refractivity (Wildman–Crippen MR) is 78.3 cm³/mol. The summed E-state index contributed by atoms with van der Waals surface area (Å²) in [5.41, 5.74) is 1.88. The molecule has 0 atom stereocenters. The largest absolute Gasteiger partial charge is 0.478 e. The molecule has 0 saturated carbocycles. The van der Waals surface area contributed by atoms with Crippen LogP contribution in [0.2, 0.25) is 0 Å². The average molecular weight is 269 g/mol. The van der Waals surface area contributed by atoms with Crippen molar-refractivity contribution in [2.45, 2.75) is 0 Å². The Morgan fingerprint density at radius 3 is 2.30 bits per heavy atom. The molecule has 0 amide bonds. The molecule has 0 spiro atoms. The third kappa shape index (κ3) is 3.00. The molecular weight excluding hydrogens is 254 g/mol. The zero-order valence-corrected chi connectivity index (χ0v) is 11.3. The number of hydrogen-bond donors (Lipinski definition) is 1. The lowest BCUT2D eigenvalue weighted by molar-refractivity contribution is 0.0698. The number of anilines is 1. The first-order valence-electron chi connectivity index (χ1n) is 6.10. The van der Waals surface area contributed by atoms with Crippen LogP contribution in [0.5, 0.6) is 0 Å². The van der Waals surface area contributed by atoms with Crippen LogP contribution >= 0.6 is 0 Å². The SMILES string of the molecule is CN(C)c1cccc(C(=O)O)c1N=Nc1ccccc1. The van der Waals surface area contributed by atoms with E-state index in [9.17, 15) is 9.90 Å². The number of carboxylic acid groups (broad SMARTS) is 1. The minimum absolute atomic E-state index is 0.135. The first-order chi connectivity index (χ1) is 9.59. The number of rotatable bonds is 4. The Balaban J connectivity index is 2.48. The van der Waals surface area contributed by atoms with Crippen molar-refractivity contribution in [1.29, 1.82) is 0 Å². The number of benzene rings is 2. The van der Waals surface area contributed by atoms with Gasteiger partial charge in [0.25, 0.3) is 0 Å². The first-order valence-corrected chi connectivity index (χ1v) is 6.10. The molecular formula is C15H15N3O2. The molecule has 0 saturated heterocycles. The van der Waals surface area contributed by atoms with Crippen LogP contribution in [-0.4, -0.2) is 25.2 Å². The molecule has 0 aliphatic heterocycles. The van der Waals surface area contributed by atoms with Gasteiger partial charge >= 0.3 is 5.97 Å². The van der Waals surface area contributed by atoms with Gasteiger partial charge in [0.1, 0.15) is 5.69 Å². The summed E-state index contributed by atoms with van der Waals surface area (Å²) in [6, 6.07) is 14.2. The number of azo groups is 1. The summed E-state index contributed by atoms with van der Waals surface area (Å²) in [5, 5.41) is 17.5. The molecule has 102 valence electrons. The molecule has 0 heterocycles. The first kappa shape index (κ1) is 13.7. The minimum Gasteiger partial charge on any atom is -0.478 e. The Hall–Kier alpha value is -2.69. The summed E-state index contributed by atoms with van der Waals surface area (Å²) in [5.74, 6) is -1.02. The van der Waals surface area contributed by atoms with Crippen molar-refractivity contribution in [3.8, 4) is 0 Å². The van der Waals surface area contributed by atoms with Crippen LogP contribution in [0, 0.1) is 0 Å². The fourth-order valence-electron chi connectivity index (χ4n) is 1.77. The van der Waals surface area contributed by atoms with Gasteiger partial charge < -0.3 is 10.0 Å². The highest BCUT2D eigenvalue weighted by atomic mass is 16.4. The van der Waals surface area contributed by atoms with E-state index in [4.69, 9.17) is 0 Å². The Morgan fingerprint density at radius 1 is 1.00 bits per heavy atom. The van der Waals surface area contributed by atoms with E-state index in [1.54, 1.807) is 6.07 Å². The summed E-state index contributed by atoms with van der Waals surface area (Å²) < 4.78 is 0. The maximum atomic E-state index is 11.3. The van der Waals surface area contributed by atoms with Gasteiger partial charge in [-0.05, 0) is 24.3 Å². The number of nitrogens with zero attached hydrogens (tertiary/aromatic N) is 3. The Kier molecular flexibility index (Phi) is 4.10. The Bertz CT molecular complexity index is 637. The molecule has 0 unspecified atom stereocenters. The van der Waals surface area contributed by atoms with Gasteiger partial charge in [0.2, 0.25) is 0 Å². The second-order valence-electron chi connectivity index (χ2n) is 4.41. The Morgan fingerprint density at radius 2 is 1.70 bits per heavy atom. The van der Waals surface area contributed by atoms with E-state index in [0.29, 0.717) is 17.1 Å². The van der Waals surface area contributed by atoms with E-state index in [0.717, 1.165) is 0 Å². The lowest BCUT2D eigenvalue weighted by Gasteiger charge is -2.15. The topological polar surface area (TPSA) is 65.3 Å². The summed E-state index contributed by atoms with van der Waals surface area (Å²) in [4.78, 5) is 13.1. The van der Waals surface area contributed by atoms with Crippen LogP contribution in [0.15, 0.2) is 58.8 Å². The molecule has 0 aliphatic rings. The van der Waals surface area contributed by atoms with Crippen molar-refractivity contribution in [1.82, 2.24) is 0 Å². The second kappa shape index (κ2) is 5.97. The molecule has 1 N–H and O–H groups in total. The fraction of sp³-hybridized carbons (Fsp3) is 0.133. The molecule has 5 heteroatoms. The fourth-order valence-corrected chi connectivity index (χ4v) is 1.77. The number of carboxylic acids is 1. The summed E-state index contributed by atoms with van der Waals surface area (Å²) in [6.45, 7) is 0. The zero-order valence-electron chi connectivity index (χ0n) is 11.3. The molecule has 20 heavy (non-hydrogen) atoms. The highest BCUT2D eigenvalue weighted by Crippen LogP contribution is 2.32. The Labute approximate surface area is 117 Å². The average Bonchev–Trinajstić information content (AvgIpc) is 2.45. The van der Waals surface area contributed by atoms with E-state index in [1.165, 1.54) is 6.07 Å². The normalized spacial score (nSPS) is 10.7. The smallest absolute Gasteiger partial charge is 0.338 e. The summed E-state index contributed by atoms with van der Waals surface area (Å²) in [6.07, 6.45) is 0. The lowest BCUT2D eigenvalue weighted by Crippen LogP contribution is -2.10. The standard InChI is InChI=1S/C15H15N3O2/c1-18(2)13-10-6-9-12(15(19)20)14(13)17-16-11-7-4-3-5-8-11/h3-10H,1-2H3,(H,19,20). The third-order valence-electron chi connectivity index (χ3n) is 2.75. The van der Waals surface area contributed by atoms with Crippen LogP contribution in [0.3, 0.4) is 0 Å². The summed E-state index contributed by atoms with van der Waals surface area (Å²) in [7, 11) is 3.67. The molecule has 5 nitrogen and oxygen atoms in total. The minimum atomic E-state index is -1.02. The highest BCUT2D eigenvalue weighted by molar-refractivity contribution is 5.96. The van der Waals surface area contributed by atoms with E-state index in [-0.39, 0.29) is 5.56 Å². The maximum absolute atomic E-state index is 11.3. The maximum Gasteiger partial charge on any atom is 0.338 e. The van der Waals surface area contributed by atoms with Gasteiger partial charge in [0.15, 0.2) is 0 Å². The predicted octanol–water partition coefficient (Wildman–Crippen LogP) is 3.87. The number of carbonyl (C=O) groups is 1. The van der Waals surface area contributed by atoms with Gasteiger partial charge in [0.05, 0.1) is 16.9 Å². The van der Waals surface area contributed by atoms with Gasteiger partial charge in [-0.15, -0.1) is 5.11 Å². The molecule has 2 aromatic rings. The van der Waals surface area contributed by atoms with Crippen molar-refractivity contribution in [3.05, 3.63) is 54.1 Å². The van der Waals surface area contributed by atoms with Crippen molar-refractivity contribution < 1.29 is 9.90 Å². The van der Waals surface area contributed by atoms with Gasteiger partial charge in [-0.3, -0.25) is 0 Å². The summed E-state index contributed by atoms with van der Waals surface area (Å²) >= 11 is 0. The van der Waals surface area contributed by atoms with Gasteiger partial charge in [-0.25, -0.2) is 4.79 Å². The van der Waals surface area contributed by atoms with Crippen molar-refractivity contribution in [2.75, 3.05) is 19.0 Å². The van der Waals surface area contributed by atoms with Crippen molar-refractivity contribution in [3.63, 3.8) is 0 Å². The van der Waals surface area contributed by atoms with E-state index < -0.39 is 5.97 Å². The highest BCUT2D eigenvalue weighted by Gasteiger charge is 2.14.